The molecule has 0 saturated carbocycles. The number of hydrogen-bond acceptors (Lipinski definition) is 4. The van der Waals surface area contributed by atoms with Gasteiger partial charge in [0.25, 0.3) is 5.91 Å². The lowest BCUT2D eigenvalue weighted by Crippen LogP contribution is -2.36. The van der Waals surface area contributed by atoms with Crippen LogP contribution >= 0.6 is 11.6 Å². The maximum Gasteiger partial charge on any atom is 0.254 e. The van der Waals surface area contributed by atoms with Gasteiger partial charge in [-0.05, 0) is 36.8 Å². The van der Waals surface area contributed by atoms with Gasteiger partial charge in [0.1, 0.15) is 5.82 Å². The second-order valence-electron chi connectivity index (χ2n) is 6.82. The first kappa shape index (κ1) is 20.5. The van der Waals surface area contributed by atoms with E-state index in [1.165, 1.54) is 11.0 Å². The number of amides is 2. The monoisotopic (exact) mass is 414 g/mol. The fraction of sp³-hybridized carbons (Fsp3) is 0.190. The van der Waals surface area contributed by atoms with E-state index in [9.17, 15) is 14.0 Å². The maximum absolute atomic E-state index is 14.3. The Morgan fingerprint density at radius 2 is 2.00 bits per heavy atom. The van der Waals surface area contributed by atoms with Crippen molar-refractivity contribution in [2.75, 3.05) is 18.1 Å². The van der Waals surface area contributed by atoms with Gasteiger partial charge in [-0.3, -0.25) is 9.59 Å². The Hall–Kier alpha value is -3.19. The Morgan fingerprint density at radius 3 is 2.62 bits per heavy atom. The topological polar surface area (TPSA) is 99.3 Å². The average Bonchev–Trinajstić information content (AvgIpc) is 2.68. The zero-order valence-corrected chi connectivity index (χ0v) is 16.7. The third-order valence-corrected chi connectivity index (χ3v) is 5.34. The molecular weight excluding hydrogens is 395 g/mol. The van der Waals surface area contributed by atoms with Crippen LogP contribution in [0.5, 0.6) is 0 Å². The number of carbonyl (C=O) groups excluding carboxylic acids is 2. The lowest BCUT2D eigenvalue weighted by atomic mass is 9.83. The molecule has 1 unspecified atom stereocenters. The summed E-state index contributed by atoms with van der Waals surface area (Å²) in [5.41, 5.74) is 7.59. The number of halogens is 2. The standard InChI is InChI=1S/C21H20ClFN4O2/c1-11-20(21(29)26-18-7-13(10-24)17(25)9-16(18)23)15(8-19(28)27(11)2)12-3-5-14(22)6-4-12/h3-7,9-10,15,24H,8,25H2,1-2H3,(H,26,29). The normalized spacial score (nSPS) is 16.8. The zero-order valence-electron chi connectivity index (χ0n) is 15.9. The number of carbonyl (C=O) groups is 2. The summed E-state index contributed by atoms with van der Waals surface area (Å²) in [5, 5.41) is 10.5. The van der Waals surface area contributed by atoms with E-state index in [0.717, 1.165) is 17.8 Å². The first-order chi connectivity index (χ1) is 13.7. The van der Waals surface area contributed by atoms with E-state index in [1.54, 1.807) is 38.2 Å². The van der Waals surface area contributed by atoms with Crippen molar-refractivity contribution in [1.29, 1.82) is 5.41 Å². The van der Waals surface area contributed by atoms with Crippen LogP contribution in [-0.2, 0) is 9.59 Å². The van der Waals surface area contributed by atoms with Gasteiger partial charge in [0, 0.05) is 53.1 Å². The molecule has 2 aromatic carbocycles. The zero-order chi connectivity index (χ0) is 21.3. The Bertz CT molecular complexity index is 1030. The minimum absolute atomic E-state index is 0.0857. The van der Waals surface area contributed by atoms with Crippen molar-refractivity contribution in [3.63, 3.8) is 0 Å². The van der Waals surface area contributed by atoms with Crippen molar-refractivity contribution in [1.82, 2.24) is 4.90 Å². The molecule has 0 fully saturated rings. The van der Waals surface area contributed by atoms with Crippen molar-refractivity contribution in [2.24, 2.45) is 0 Å². The molecule has 0 bridgehead atoms. The summed E-state index contributed by atoms with van der Waals surface area (Å²) in [6.07, 6.45) is 1.09. The number of anilines is 2. The molecule has 6 nitrogen and oxygen atoms in total. The fourth-order valence-electron chi connectivity index (χ4n) is 3.35. The second-order valence-corrected chi connectivity index (χ2v) is 7.26. The lowest BCUT2D eigenvalue weighted by Gasteiger charge is -2.32. The summed E-state index contributed by atoms with van der Waals surface area (Å²) in [7, 11) is 1.60. The van der Waals surface area contributed by atoms with Gasteiger partial charge in [-0.2, -0.15) is 0 Å². The van der Waals surface area contributed by atoms with Gasteiger partial charge in [0.05, 0.1) is 5.69 Å². The Labute approximate surface area is 172 Å². The number of nitrogen functional groups attached to an aromatic ring is 1. The molecule has 1 aliphatic heterocycles. The van der Waals surface area contributed by atoms with Gasteiger partial charge in [-0.15, -0.1) is 0 Å². The number of nitrogens with two attached hydrogens (primary N) is 1. The van der Waals surface area contributed by atoms with E-state index in [2.05, 4.69) is 5.32 Å². The van der Waals surface area contributed by atoms with Crippen LogP contribution in [0.2, 0.25) is 5.02 Å². The summed E-state index contributed by atoms with van der Waals surface area (Å²) < 4.78 is 14.3. The van der Waals surface area contributed by atoms with Gasteiger partial charge < -0.3 is 21.4 Å². The number of rotatable bonds is 4. The molecule has 1 heterocycles. The quantitative estimate of drug-likeness (QED) is 0.522. The van der Waals surface area contributed by atoms with Crippen molar-refractivity contribution < 1.29 is 14.0 Å². The molecule has 0 spiro atoms. The molecular formula is C21H20ClFN4O2. The number of nitrogens with one attached hydrogen (secondary N) is 2. The third kappa shape index (κ3) is 4.00. The number of nitrogens with zero attached hydrogens (tertiary/aromatic N) is 1. The molecule has 3 rings (SSSR count). The van der Waals surface area contributed by atoms with Crippen LogP contribution in [0.4, 0.5) is 15.8 Å². The molecule has 4 N–H and O–H groups in total. The highest BCUT2D eigenvalue weighted by Gasteiger charge is 2.34. The van der Waals surface area contributed by atoms with Crippen molar-refractivity contribution in [3.05, 3.63) is 69.6 Å². The lowest BCUT2D eigenvalue weighted by molar-refractivity contribution is -0.129. The molecule has 1 atom stereocenters. The van der Waals surface area contributed by atoms with Crippen LogP contribution in [-0.4, -0.2) is 30.0 Å². The van der Waals surface area contributed by atoms with Crippen LogP contribution in [0.15, 0.2) is 47.7 Å². The molecule has 1 aliphatic rings. The third-order valence-electron chi connectivity index (χ3n) is 5.09. The largest absolute Gasteiger partial charge is 0.398 e. The first-order valence-electron chi connectivity index (χ1n) is 8.86. The molecule has 2 aromatic rings. The molecule has 0 radical (unpaired) electrons. The van der Waals surface area contributed by atoms with E-state index >= 15 is 0 Å². The Balaban J connectivity index is 2.02. The highest BCUT2D eigenvalue weighted by Crippen LogP contribution is 2.37. The summed E-state index contributed by atoms with van der Waals surface area (Å²) in [5.74, 6) is -1.84. The van der Waals surface area contributed by atoms with Crippen LogP contribution in [0.3, 0.4) is 0 Å². The van der Waals surface area contributed by atoms with Gasteiger partial charge >= 0.3 is 0 Å². The summed E-state index contributed by atoms with van der Waals surface area (Å²) in [6.45, 7) is 1.68. The summed E-state index contributed by atoms with van der Waals surface area (Å²) >= 11 is 5.96. The maximum atomic E-state index is 14.3. The van der Waals surface area contributed by atoms with Crippen LogP contribution < -0.4 is 11.1 Å². The first-order valence-corrected chi connectivity index (χ1v) is 9.24. The van der Waals surface area contributed by atoms with Crippen molar-refractivity contribution >= 4 is 41.0 Å². The van der Waals surface area contributed by atoms with Gasteiger partial charge in [-0.1, -0.05) is 23.7 Å². The summed E-state index contributed by atoms with van der Waals surface area (Å²) in [4.78, 5) is 26.9. The molecule has 0 aliphatic carbocycles. The summed E-state index contributed by atoms with van der Waals surface area (Å²) in [6, 6.07) is 9.29. The van der Waals surface area contributed by atoms with E-state index in [4.69, 9.17) is 22.7 Å². The Morgan fingerprint density at radius 1 is 1.34 bits per heavy atom. The predicted molar refractivity (Wildman–Crippen MR) is 112 cm³/mol. The van der Waals surface area contributed by atoms with Crippen molar-refractivity contribution in [2.45, 2.75) is 19.3 Å². The molecule has 8 heteroatoms. The fourth-order valence-corrected chi connectivity index (χ4v) is 3.48. The highest BCUT2D eigenvalue weighted by atomic mass is 35.5. The van der Waals surface area contributed by atoms with E-state index < -0.39 is 17.6 Å². The van der Waals surface area contributed by atoms with Crippen molar-refractivity contribution in [3.8, 4) is 0 Å². The number of allylic oxidation sites excluding steroid dienone is 1. The minimum Gasteiger partial charge on any atom is -0.398 e. The predicted octanol–water partition coefficient (Wildman–Crippen LogP) is 3.92. The Kier molecular flexibility index (Phi) is 5.70. The molecule has 0 aromatic heterocycles. The average molecular weight is 415 g/mol. The van der Waals surface area contributed by atoms with E-state index in [0.29, 0.717) is 16.3 Å². The molecule has 2 amide bonds. The van der Waals surface area contributed by atoms with Crippen LogP contribution in [0.1, 0.15) is 30.4 Å². The molecule has 150 valence electrons. The van der Waals surface area contributed by atoms with Crippen LogP contribution in [0.25, 0.3) is 0 Å². The van der Waals surface area contributed by atoms with Gasteiger partial charge in [-0.25, -0.2) is 4.39 Å². The number of hydrogen-bond donors (Lipinski definition) is 3. The number of benzene rings is 2. The van der Waals surface area contributed by atoms with Crippen LogP contribution in [0, 0.1) is 11.2 Å². The van der Waals surface area contributed by atoms with Gasteiger partial charge in [0.2, 0.25) is 5.91 Å². The smallest absolute Gasteiger partial charge is 0.254 e. The van der Waals surface area contributed by atoms with E-state index in [1.807, 2.05) is 0 Å². The molecule has 0 saturated heterocycles. The minimum atomic E-state index is -0.706. The SMILES string of the molecule is CC1=C(C(=O)Nc2cc(C=N)c(N)cc2F)C(c2ccc(Cl)cc2)CC(=O)N1C. The van der Waals surface area contributed by atoms with E-state index in [-0.39, 0.29) is 29.3 Å². The molecule has 29 heavy (non-hydrogen) atoms. The second kappa shape index (κ2) is 8.05. The van der Waals surface area contributed by atoms with Gasteiger partial charge in [0.15, 0.2) is 0 Å². The highest BCUT2D eigenvalue weighted by molar-refractivity contribution is 6.30.